The molecule has 1 heterocycles. The Labute approximate surface area is 159 Å². The molecule has 7 heteroatoms. The Bertz CT molecular complexity index is 930. The van der Waals surface area contributed by atoms with E-state index in [1.165, 1.54) is 12.1 Å². The van der Waals surface area contributed by atoms with Crippen LogP contribution in [0.25, 0.3) is 11.1 Å². The summed E-state index contributed by atoms with van der Waals surface area (Å²) in [7, 11) is 0. The van der Waals surface area contributed by atoms with Crippen LogP contribution in [0.2, 0.25) is 5.02 Å². The monoisotopic (exact) mass is 392 g/mol. The first-order chi connectivity index (χ1) is 12.8. The Morgan fingerprint density at radius 3 is 2.37 bits per heavy atom. The number of hydrogen-bond donors (Lipinski definition) is 1. The molecule has 0 unspecified atom stereocenters. The molecule has 0 aliphatic carbocycles. The Kier molecular flexibility index (Phi) is 5.56. The zero-order valence-electron chi connectivity index (χ0n) is 14.1. The fourth-order valence-electron chi connectivity index (χ4n) is 2.61. The Morgan fingerprint density at radius 1 is 0.963 bits per heavy atom. The molecule has 0 aliphatic rings. The number of ether oxygens (including phenoxy) is 1. The lowest BCUT2D eigenvalue weighted by Crippen LogP contribution is -2.12. The van der Waals surface area contributed by atoms with Gasteiger partial charge >= 0.3 is 6.18 Å². The first-order valence-corrected chi connectivity index (χ1v) is 8.48. The molecule has 3 nitrogen and oxygen atoms in total. The maximum absolute atomic E-state index is 12.6. The van der Waals surface area contributed by atoms with E-state index in [2.05, 4.69) is 4.98 Å². The number of nitrogens with zero attached hydrogens (tertiary/aromatic N) is 1. The Morgan fingerprint density at radius 2 is 1.67 bits per heavy atom. The second-order valence-corrected chi connectivity index (χ2v) is 6.32. The van der Waals surface area contributed by atoms with Crippen LogP contribution in [0.15, 0.2) is 60.8 Å². The largest absolute Gasteiger partial charge is 0.485 e. The van der Waals surface area contributed by atoms with Gasteiger partial charge in [-0.25, -0.2) is 4.98 Å². The van der Waals surface area contributed by atoms with Crippen molar-refractivity contribution < 1.29 is 17.9 Å². The molecule has 0 bridgehead atoms. The lowest BCUT2D eigenvalue weighted by Gasteiger charge is -2.14. The summed E-state index contributed by atoms with van der Waals surface area (Å²) in [6, 6.07) is 15.8. The van der Waals surface area contributed by atoms with E-state index in [-0.39, 0.29) is 23.0 Å². The molecule has 2 N–H and O–H groups in total. The van der Waals surface area contributed by atoms with Crippen molar-refractivity contribution in [3.8, 4) is 16.9 Å². The summed E-state index contributed by atoms with van der Waals surface area (Å²) in [5, 5.41) is 0.0422. The van der Waals surface area contributed by atoms with Crippen molar-refractivity contribution in [2.75, 3.05) is 5.73 Å². The normalized spacial score (nSPS) is 11.4. The van der Waals surface area contributed by atoms with Gasteiger partial charge in [-0.3, -0.25) is 0 Å². The van der Waals surface area contributed by atoms with E-state index in [4.69, 9.17) is 22.1 Å². The molecule has 1 aromatic heterocycles. The summed E-state index contributed by atoms with van der Waals surface area (Å²) in [5.74, 6) is 0.533. The minimum Gasteiger partial charge on any atom is -0.485 e. The first-order valence-electron chi connectivity index (χ1n) is 8.10. The van der Waals surface area contributed by atoms with Crippen LogP contribution >= 0.6 is 11.6 Å². The summed E-state index contributed by atoms with van der Waals surface area (Å²) in [6.07, 6.45) is -3.79. The highest BCUT2D eigenvalue weighted by molar-refractivity contribution is 6.32. The number of alkyl halides is 3. The molecule has 140 valence electrons. The SMILES string of the molecule is Nc1ncc(-c2ccccc2)cc1OCc1cccc(CC(F)(F)F)c1Cl. The molecule has 0 fully saturated rings. The van der Waals surface area contributed by atoms with E-state index >= 15 is 0 Å². The number of pyridine rings is 1. The highest BCUT2D eigenvalue weighted by atomic mass is 35.5. The molecule has 3 rings (SSSR count). The van der Waals surface area contributed by atoms with Gasteiger partial charge in [0.25, 0.3) is 0 Å². The van der Waals surface area contributed by atoms with Gasteiger partial charge in [-0.2, -0.15) is 13.2 Å². The Hall–Kier alpha value is -2.73. The number of nitrogens with two attached hydrogens (primary N) is 1. The van der Waals surface area contributed by atoms with Gasteiger partial charge < -0.3 is 10.5 Å². The number of benzene rings is 2. The van der Waals surface area contributed by atoms with Gasteiger partial charge in [0.2, 0.25) is 0 Å². The minimum atomic E-state index is -4.33. The van der Waals surface area contributed by atoms with Crippen LogP contribution in [0.5, 0.6) is 5.75 Å². The fraction of sp³-hybridized carbons (Fsp3) is 0.150. The summed E-state index contributed by atoms with van der Waals surface area (Å²) in [6.45, 7) is -0.0192. The van der Waals surface area contributed by atoms with Gasteiger partial charge in [-0.1, -0.05) is 60.1 Å². The Balaban J connectivity index is 1.80. The summed E-state index contributed by atoms with van der Waals surface area (Å²) in [4.78, 5) is 4.13. The van der Waals surface area contributed by atoms with E-state index in [1.54, 1.807) is 18.3 Å². The smallest absolute Gasteiger partial charge is 0.393 e. The predicted octanol–water partition coefficient (Wildman–Crippen LogP) is 5.67. The second-order valence-electron chi connectivity index (χ2n) is 5.94. The van der Waals surface area contributed by atoms with Crippen molar-refractivity contribution in [3.63, 3.8) is 0 Å². The predicted molar refractivity (Wildman–Crippen MR) is 99.6 cm³/mol. The van der Waals surface area contributed by atoms with Crippen molar-refractivity contribution in [1.29, 1.82) is 0 Å². The van der Waals surface area contributed by atoms with Gasteiger partial charge in [-0.15, -0.1) is 0 Å². The lowest BCUT2D eigenvalue weighted by atomic mass is 10.1. The van der Waals surface area contributed by atoms with E-state index in [9.17, 15) is 13.2 Å². The van der Waals surface area contributed by atoms with E-state index in [0.717, 1.165) is 11.1 Å². The zero-order chi connectivity index (χ0) is 19.4. The quantitative estimate of drug-likeness (QED) is 0.608. The molecule has 2 aromatic carbocycles. The summed E-state index contributed by atoms with van der Waals surface area (Å²) < 4.78 is 43.6. The first kappa shape index (κ1) is 19.0. The fourth-order valence-corrected chi connectivity index (χ4v) is 2.86. The van der Waals surface area contributed by atoms with Crippen molar-refractivity contribution in [2.45, 2.75) is 19.2 Å². The van der Waals surface area contributed by atoms with Crippen LogP contribution in [-0.4, -0.2) is 11.2 Å². The average molecular weight is 393 g/mol. The molecular weight excluding hydrogens is 377 g/mol. The second kappa shape index (κ2) is 7.88. The number of anilines is 1. The number of rotatable bonds is 5. The van der Waals surface area contributed by atoms with Crippen LogP contribution < -0.4 is 10.5 Å². The number of halogens is 4. The molecule has 0 aliphatic heterocycles. The minimum absolute atomic E-state index is 0.00870. The topological polar surface area (TPSA) is 48.1 Å². The van der Waals surface area contributed by atoms with E-state index in [1.807, 2.05) is 30.3 Å². The molecule has 0 amide bonds. The summed E-state index contributed by atoms with van der Waals surface area (Å²) >= 11 is 6.12. The van der Waals surface area contributed by atoms with E-state index < -0.39 is 12.6 Å². The maximum atomic E-state index is 12.6. The zero-order valence-corrected chi connectivity index (χ0v) is 14.9. The molecule has 0 spiro atoms. The van der Waals surface area contributed by atoms with Crippen LogP contribution in [0.4, 0.5) is 19.0 Å². The molecule has 27 heavy (non-hydrogen) atoms. The van der Waals surface area contributed by atoms with Crippen LogP contribution in [0.1, 0.15) is 11.1 Å². The molecule has 3 aromatic rings. The molecule has 0 saturated carbocycles. The number of hydrogen-bond acceptors (Lipinski definition) is 3. The van der Waals surface area contributed by atoms with Gasteiger partial charge in [-0.05, 0) is 17.2 Å². The third kappa shape index (κ3) is 4.92. The third-order valence-electron chi connectivity index (χ3n) is 3.92. The number of nitrogen functional groups attached to an aromatic ring is 1. The van der Waals surface area contributed by atoms with Crippen molar-refractivity contribution in [2.24, 2.45) is 0 Å². The van der Waals surface area contributed by atoms with Crippen molar-refractivity contribution in [3.05, 3.63) is 76.9 Å². The van der Waals surface area contributed by atoms with Gasteiger partial charge in [0.05, 0.1) is 11.4 Å². The van der Waals surface area contributed by atoms with Gasteiger partial charge in [0.1, 0.15) is 6.61 Å². The molecule has 0 atom stereocenters. The third-order valence-corrected chi connectivity index (χ3v) is 4.41. The van der Waals surface area contributed by atoms with Crippen molar-refractivity contribution in [1.82, 2.24) is 4.98 Å². The maximum Gasteiger partial charge on any atom is 0.393 e. The average Bonchev–Trinajstić information content (AvgIpc) is 2.63. The molecular formula is C20H16ClF3N2O. The van der Waals surface area contributed by atoms with Crippen LogP contribution in [0, 0.1) is 0 Å². The number of aromatic nitrogens is 1. The standard InChI is InChI=1S/C20H16ClF3N2O/c21-18-14(10-20(22,23)24)7-4-8-15(18)12-27-17-9-16(11-26-19(17)25)13-5-2-1-3-6-13/h1-9,11H,10,12H2,(H2,25,26). The van der Waals surface area contributed by atoms with Crippen LogP contribution in [-0.2, 0) is 13.0 Å². The summed E-state index contributed by atoms with van der Waals surface area (Å²) in [5.41, 5.74) is 8.08. The van der Waals surface area contributed by atoms with E-state index in [0.29, 0.717) is 11.3 Å². The molecule has 0 saturated heterocycles. The highest BCUT2D eigenvalue weighted by Gasteiger charge is 2.29. The lowest BCUT2D eigenvalue weighted by molar-refractivity contribution is -0.127. The van der Waals surface area contributed by atoms with Crippen molar-refractivity contribution >= 4 is 17.4 Å². The van der Waals surface area contributed by atoms with Crippen LogP contribution in [0.3, 0.4) is 0 Å². The molecule has 0 radical (unpaired) electrons. The van der Waals surface area contributed by atoms with Gasteiger partial charge in [0, 0.05) is 17.3 Å². The highest BCUT2D eigenvalue weighted by Crippen LogP contribution is 2.31. The van der Waals surface area contributed by atoms with Gasteiger partial charge in [0.15, 0.2) is 11.6 Å².